The average molecular weight is 324 g/mol. The molecule has 1 saturated heterocycles. The average Bonchev–Trinajstić information content (AvgIpc) is 2.38. The molecule has 0 aliphatic carbocycles. The summed E-state index contributed by atoms with van der Waals surface area (Å²) in [6.45, 7) is 2.44. The summed E-state index contributed by atoms with van der Waals surface area (Å²) in [6, 6.07) is 6.15. The molecule has 0 spiro atoms. The molecule has 1 fully saturated rings. The molecule has 0 aromatic heterocycles. The lowest BCUT2D eigenvalue weighted by Gasteiger charge is -2.35. The van der Waals surface area contributed by atoms with Gasteiger partial charge in [0, 0.05) is 24.0 Å². The molecule has 0 radical (unpaired) electrons. The number of hydrogen-bond donors (Lipinski definition) is 0. The summed E-state index contributed by atoms with van der Waals surface area (Å²) in [5.41, 5.74) is 0. The van der Waals surface area contributed by atoms with Crippen molar-refractivity contribution in [2.45, 2.75) is 24.0 Å². The van der Waals surface area contributed by atoms with Crippen molar-refractivity contribution in [1.29, 1.82) is 0 Å². The van der Waals surface area contributed by atoms with Crippen LogP contribution in [0, 0.1) is 0 Å². The van der Waals surface area contributed by atoms with Crippen LogP contribution in [-0.2, 0) is 14.8 Å². The molecule has 2 rings (SSSR count). The Labute approximate surface area is 123 Å². The third-order valence-corrected chi connectivity index (χ3v) is 5.36. The SMILES string of the molecule is CC1CN(S(=O)(=O)c2ccc(Cl)cc2)CC(CCl)O1. The van der Waals surface area contributed by atoms with E-state index < -0.39 is 10.0 Å². The first-order valence-corrected chi connectivity index (χ1v) is 8.26. The summed E-state index contributed by atoms with van der Waals surface area (Å²) < 4.78 is 32.0. The van der Waals surface area contributed by atoms with Crippen LogP contribution in [0.5, 0.6) is 0 Å². The molecule has 2 unspecified atom stereocenters. The van der Waals surface area contributed by atoms with Crippen LogP contribution < -0.4 is 0 Å². The number of halogens is 2. The van der Waals surface area contributed by atoms with Crippen molar-refractivity contribution in [2.24, 2.45) is 0 Å². The maximum absolute atomic E-state index is 12.5. The van der Waals surface area contributed by atoms with Crippen molar-refractivity contribution in [1.82, 2.24) is 4.31 Å². The lowest BCUT2D eigenvalue weighted by Crippen LogP contribution is -2.49. The third kappa shape index (κ3) is 3.41. The van der Waals surface area contributed by atoms with E-state index in [9.17, 15) is 8.42 Å². The van der Waals surface area contributed by atoms with Crippen LogP contribution in [0.25, 0.3) is 0 Å². The zero-order chi connectivity index (χ0) is 14.0. The molecule has 0 amide bonds. The second kappa shape index (κ2) is 5.97. The van der Waals surface area contributed by atoms with Crippen molar-refractivity contribution in [3.05, 3.63) is 29.3 Å². The van der Waals surface area contributed by atoms with Gasteiger partial charge in [0.25, 0.3) is 0 Å². The Morgan fingerprint density at radius 3 is 2.53 bits per heavy atom. The summed E-state index contributed by atoms with van der Waals surface area (Å²) in [7, 11) is -3.52. The molecule has 106 valence electrons. The van der Waals surface area contributed by atoms with Crippen LogP contribution in [0.1, 0.15) is 6.92 Å². The Balaban J connectivity index is 2.26. The Morgan fingerprint density at radius 2 is 1.95 bits per heavy atom. The van der Waals surface area contributed by atoms with Gasteiger partial charge in [-0.25, -0.2) is 8.42 Å². The number of alkyl halides is 1. The molecule has 7 heteroatoms. The largest absolute Gasteiger partial charge is 0.371 e. The van der Waals surface area contributed by atoms with Gasteiger partial charge in [-0.1, -0.05) is 11.6 Å². The van der Waals surface area contributed by atoms with E-state index in [0.717, 1.165) is 0 Å². The van der Waals surface area contributed by atoms with E-state index in [4.69, 9.17) is 27.9 Å². The van der Waals surface area contributed by atoms with E-state index in [1.54, 1.807) is 12.1 Å². The number of ether oxygens (including phenoxy) is 1. The monoisotopic (exact) mass is 323 g/mol. The van der Waals surface area contributed by atoms with Gasteiger partial charge in [0.2, 0.25) is 10.0 Å². The van der Waals surface area contributed by atoms with Crippen LogP contribution in [0.15, 0.2) is 29.2 Å². The zero-order valence-electron chi connectivity index (χ0n) is 10.4. The van der Waals surface area contributed by atoms with Crippen molar-refractivity contribution < 1.29 is 13.2 Å². The first-order chi connectivity index (χ1) is 8.93. The normalized spacial score (nSPS) is 25.4. The number of benzene rings is 1. The Kier molecular flexibility index (Phi) is 4.74. The van der Waals surface area contributed by atoms with Gasteiger partial charge < -0.3 is 4.74 Å². The molecular formula is C12H15Cl2NO3S. The van der Waals surface area contributed by atoms with E-state index in [1.807, 2.05) is 6.92 Å². The van der Waals surface area contributed by atoms with Crippen molar-refractivity contribution in [2.75, 3.05) is 19.0 Å². The predicted molar refractivity (Wildman–Crippen MR) is 75.3 cm³/mol. The predicted octanol–water partition coefficient (Wildman–Crippen LogP) is 2.36. The fraction of sp³-hybridized carbons (Fsp3) is 0.500. The van der Waals surface area contributed by atoms with Gasteiger partial charge in [0.15, 0.2) is 0 Å². The first-order valence-electron chi connectivity index (χ1n) is 5.90. The maximum Gasteiger partial charge on any atom is 0.243 e. The Bertz CT molecular complexity index is 532. The van der Waals surface area contributed by atoms with E-state index >= 15 is 0 Å². The van der Waals surface area contributed by atoms with Crippen LogP contribution in [-0.4, -0.2) is 43.9 Å². The van der Waals surface area contributed by atoms with Crippen LogP contribution in [0.3, 0.4) is 0 Å². The van der Waals surface area contributed by atoms with E-state index in [-0.39, 0.29) is 29.5 Å². The standard InChI is InChI=1S/C12H15Cl2NO3S/c1-9-7-15(8-11(6-13)18-9)19(16,17)12-4-2-10(14)3-5-12/h2-5,9,11H,6-8H2,1H3. The van der Waals surface area contributed by atoms with E-state index in [2.05, 4.69) is 0 Å². The minimum Gasteiger partial charge on any atom is -0.371 e. The van der Waals surface area contributed by atoms with Crippen molar-refractivity contribution in [3.63, 3.8) is 0 Å². The van der Waals surface area contributed by atoms with Gasteiger partial charge >= 0.3 is 0 Å². The van der Waals surface area contributed by atoms with Crippen LogP contribution in [0.4, 0.5) is 0 Å². The molecule has 1 aromatic rings. The van der Waals surface area contributed by atoms with Gasteiger partial charge in [0.1, 0.15) is 0 Å². The second-order valence-electron chi connectivity index (χ2n) is 4.50. The Morgan fingerprint density at radius 1 is 1.32 bits per heavy atom. The minimum atomic E-state index is -3.52. The van der Waals surface area contributed by atoms with Gasteiger partial charge in [-0.05, 0) is 31.2 Å². The lowest BCUT2D eigenvalue weighted by atomic mass is 10.3. The van der Waals surface area contributed by atoms with Crippen LogP contribution in [0.2, 0.25) is 5.02 Å². The molecule has 19 heavy (non-hydrogen) atoms. The highest BCUT2D eigenvalue weighted by Gasteiger charge is 2.33. The smallest absolute Gasteiger partial charge is 0.243 e. The van der Waals surface area contributed by atoms with E-state index in [1.165, 1.54) is 16.4 Å². The van der Waals surface area contributed by atoms with Gasteiger partial charge in [-0.3, -0.25) is 0 Å². The number of nitrogens with zero attached hydrogens (tertiary/aromatic N) is 1. The molecule has 1 heterocycles. The van der Waals surface area contributed by atoms with Crippen molar-refractivity contribution in [3.8, 4) is 0 Å². The molecule has 0 bridgehead atoms. The molecular weight excluding hydrogens is 309 g/mol. The maximum atomic E-state index is 12.5. The molecule has 2 atom stereocenters. The highest BCUT2D eigenvalue weighted by molar-refractivity contribution is 7.89. The highest BCUT2D eigenvalue weighted by atomic mass is 35.5. The van der Waals surface area contributed by atoms with Gasteiger partial charge in [0.05, 0.1) is 17.1 Å². The third-order valence-electron chi connectivity index (χ3n) is 2.92. The molecule has 0 saturated carbocycles. The highest BCUT2D eigenvalue weighted by Crippen LogP contribution is 2.22. The van der Waals surface area contributed by atoms with E-state index in [0.29, 0.717) is 11.6 Å². The molecule has 0 N–H and O–H groups in total. The van der Waals surface area contributed by atoms with Gasteiger partial charge in [-0.2, -0.15) is 4.31 Å². The second-order valence-corrected chi connectivity index (χ2v) is 7.18. The minimum absolute atomic E-state index is 0.167. The summed E-state index contributed by atoms with van der Waals surface area (Å²) in [4.78, 5) is 0.235. The summed E-state index contributed by atoms with van der Waals surface area (Å²) in [5.74, 6) is 0.275. The Hall–Kier alpha value is -0.330. The first kappa shape index (κ1) is 15.1. The molecule has 1 aliphatic heterocycles. The van der Waals surface area contributed by atoms with Gasteiger partial charge in [-0.15, -0.1) is 11.6 Å². The fourth-order valence-electron chi connectivity index (χ4n) is 2.04. The van der Waals surface area contributed by atoms with Crippen LogP contribution >= 0.6 is 23.2 Å². The summed E-state index contributed by atoms with van der Waals surface area (Å²) in [5, 5.41) is 0.507. The molecule has 1 aliphatic rings. The number of hydrogen-bond acceptors (Lipinski definition) is 3. The molecule has 4 nitrogen and oxygen atoms in total. The number of morpholine rings is 1. The summed E-state index contributed by atoms with van der Waals surface area (Å²) in [6.07, 6.45) is -0.438. The van der Waals surface area contributed by atoms with Crippen molar-refractivity contribution >= 4 is 33.2 Å². The topological polar surface area (TPSA) is 46.6 Å². The zero-order valence-corrected chi connectivity index (χ0v) is 12.7. The lowest BCUT2D eigenvalue weighted by molar-refractivity contribution is -0.0423. The molecule has 1 aromatic carbocycles. The fourth-order valence-corrected chi connectivity index (χ4v) is 3.88. The number of sulfonamides is 1. The quantitative estimate of drug-likeness (QED) is 0.802. The number of rotatable bonds is 3. The summed E-state index contributed by atoms with van der Waals surface area (Å²) >= 11 is 11.5.